The molecule has 4 rings (SSSR count). The van der Waals surface area contributed by atoms with Gasteiger partial charge in [0.25, 0.3) is 0 Å². The number of carbonyl (C=O) groups is 1. The van der Waals surface area contributed by atoms with Crippen LogP contribution in [0.3, 0.4) is 0 Å². The zero-order valence-corrected chi connectivity index (χ0v) is 17.3. The molecule has 156 valence electrons. The molecule has 0 bridgehead atoms. The van der Waals surface area contributed by atoms with Gasteiger partial charge in [-0.3, -0.25) is 5.10 Å². The number of hydrogen-bond acceptors (Lipinski definition) is 7. The number of sulfone groups is 1. The van der Waals surface area contributed by atoms with Crippen molar-refractivity contribution in [1.29, 1.82) is 0 Å². The number of carbonyl (C=O) groups excluding carboxylic acids is 1. The number of alkyl carbamates (subject to hydrolysis) is 1. The molecule has 0 radical (unpaired) electrons. The Labute approximate surface area is 169 Å². The Bertz CT molecular complexity index is 1020. The van der Waals surface area contributed by atoms with Crippen molar-refractivity contribution in [2.45, 2.75) is 62.5 Å². The maximum atomic E-state index is 11.9. The Balaban J connectivity index is 1.37. The number of aromatic amines is 1. The number of aromatic nitrogens is 3. The van der Waals surface area contributed by atoms with Crippen LogP contribution in [0.15, 0.2) is 23.1 Å². The first kappa shape index (κ1) is 19.7. The van der Waals surface area contributed by atoms with Crippen molar-refractivity contribution < 1.29 is 17.9 Å². The third-order valence-electron chi connectivity index (χ3n) is 5.23. The normalized spacial score (nSPS) is 22.4. The number of ether oxygens (including phenoxy) is 1. The maximum absolute atomic E-state index is 11.9. The van der Waals surface area contributed by atoms with Crippen molar-refractivity contribution in [3.8, 4) is 0 Å². The maximum Gasteiger partial charge on any atom is 0.407 e. The summed E-state index contributed by atoms with van der Waals surface area (Å²) in [6.45, 7) is 3.79. The van der Waals surface area contributed by atoms with Crippen LogP contribution in [-0.2, 0) is 21.0 Å². The standard InChI is InChI=1S/C19H25N5O4S/c1-11(2)20-19(25)28-13-4-3-12(9-13)15-10-18(24-23-15)22-17-6-5-16-14(21-17)7-8-29(16,26)27/h5-6,10-13H,3-4,7-9H2,1-2H3,(H,20,25)(H2,21,22,23,24)/t12?,13-/m1/s1. The number of aryl methyl sites for hydroxylation is 1. The van der Waals surface area contributed by atoms with Gasteiger partial charge in [-0.15, -0.1) is 0 Å². The van der Waals surface area contributed by atoms with Crippen molar-refractivity contribution >= 4 is 27.6 Å². The van der Waals surface area contributed by atoms with Crippen molar-refractivity contribution in [3.05, 3.63) is 29.6 Å². The molecule has 10 heteroatoms. The number of amides is 1. The lowest BCUT2D eigenvalue weighted by molar-refractivity contribution is 0.0981. The van der Waals surface area contributed by atoms with Crippen LogP contribution in [0.4, 0.5) is 16.4 Å². The molecule has 1 aliphatic heterocycles. The summed E-state index contributed by atoms with van der Waals surface area (Å²) in [6.07, 6.45) is 2.45. The van der Waals surface area contributed by atoms with Gasteiger partial charge in [0.05, 0.1) is 16.3 Å². The van der Waals surface area contributed by atoms with Gasteiger partial charge < -0.3 is 15.4 Å². The number of nitrogens with zero attached hydrogens (tertiary/aromatic N) is 2. The minimum atomic E-state index is -3.18. The molecular formula is C19H25N5O4S. The molecule has 1 fully saturated rings. The Morgan fingerprint density at radius 3 is 2.90 bits per heavy atom. The molecule has 3 N–H and O–H groups in total. The van der Waals surface area contributed by atoms with Gasteiger partial charge in [0.15, 0.2) is 15.7 Å². The summed E-state index contributed by atoms with van der Waals surface area (Å²) in [4.78, 5) is 16.5. The SMILES string of the molecule is CC(C)NC(=O)O[C@@H]1CCC(c2cc(Nc3ccc4c(n3)CCS4(=O)=O)n[nH]2)C1. The Hall–Kier alpha value is -2.62. The number of hydrogen-bond donors (Lipinski definition) is 3. The first-order valence-electron chi connectivity index (χ1n) is 9.82. The topological polar surface area (TPSA) is 126 Å². The lowest BCUT2D eigenvalue weighted by atomic mass is 10.0. The highest BCUT2D eigenvalue weighted by atomic mass is 32.2. The van der Waals surface area contributed by atoms with Gasteiger partial charge in [-0.05, 0) is 45.2 Å². The minimum absolute atomic E-state index is 0.0499. The molecular weight excluding hydrogens is 394 g/mol. The highest BCUT2D eigenvalue weighted by molar-refractivity contribution is 7.91. The molecule has 0 aromatic carbocycles. The van der Waals surface area contributed by atoms with E-state index in [0.717, 1.165) is 25.0 Å². The summed E-state index contributed by atoms with van der Waals surface area (Å²) in [5.41, 5.74) is 1.58. The van der Waals surface area contributed by atoms with E-state index in [1.54, 1.807) is 12.1 Å². The van der Waals surface area contributed by atoms with Crippen LogP contribution in [0.1, 0.15) is 50.4 Å². The number of anilines is 2. The van der Waals surface area contributed by atoms with E-state index in [-0.39, 0.29) is 29.9 Å². The van der Waals surface area contributed by atoms with E-state index >= 15 is 0 Å². The number of fused-ring (bicyclic) bond motifs is 1. The van der Waals surface area contributed by atoms with E-state index in [2.05, 4.69) is 25.8 Å². The second kappa shape index (κ2) is 7.66. The summed E-state index contributed by atoms with van der Waals surface area (Å²) in [7, 11) is -3.18. The van der Waals surface area contributed by atoms with Gasteiger partial charge in [-0.1, -0.05) is 0 Å². The molecule has 2 atom stereocenters. The van der Waals surface area contributed by atoms with E-state index in [9.17, 15) is 13.2 Å². The summed E-state index contributed by atoms with van der Waals surface area (Å²) in [6, 6.07) is 5.23. The summed E-state index contributed by atoms with van der Waals surface area (Å²) >= 11 is 0. The number of rotatable bonds is 5. The molecule has 3 heterocycles. The molecule has 1 saturated carbocycles. The van der Waals surface area contributed by atoms with Crippen LogP contribution in [-0.4, -0.2) is 47.6 Å². The van der Waals surface area contributed by atoms with Gasteiger partial charge in [-0.25, -0.2) is 18.2 Å². The zero-order chi connectivity index (χ0) is 20.6. The lowest BCUT2D eigenvalue weighted by Gasteiger charge is -2.14. The molecule has 9 nitrogen and oxygen atoms in total. The fourth-order valence-electron chi connectivity index (χ4n) is 3.85. The second-order valence-corrected chi connectivity index (χ2v) is 9.96. The largest absolute Gasteiger partial charge is 0.446 e. The monoisotopic (exact) mass is 419 g/mol. The molecule has 2 aliphatic rings. The van der Waals surface area contributed by atoms with Crippen LogP contribution in [0.2, 0.25) is 0 Å². The van der Waals surface area contributed by atoms with Crippen LogP contribution in [0.5, 0.6) is 0 Å². The fourth-order valence-corrected chi connectivity index (χ4v) is 5.32. The quantitative estimate of drug-likeness (QED) is 0.680. The Kier molecular flexibility index (Phi) is 5.20. The third kappa shape index (κ3) is 4.36. The number of H-pyrrole nitrogens is 1. The smallest absolute Gasteiger partial charge is 0.407 e. The van der Waals surface area contributed by atoms with E-state index in [0.29, 0.717) is 28.6 Å². The van der Waals surface area contributed by atoms with Crippen molar-refractivity contribution in [2.24, 2.45) is 0 Å². The molecule has 0 saturated heterocycles. The summed E-state index contributed by atoms with van der Waals surface area (Å²) < 4.78 is 29.3. The van der Waals surface area contributed by atoms with E-state index in [4.69, 9.17) is 4.74 Å². The highest BCUT2D eigenvalue weighted by Gasteiger charge is 2.30. The second-order valence-electron chi connectivity index (χ2n) is 7.88. The van der Waals surface area contributed by atoms with E-state index in [1.165, 1.54) is 0 Å². The third-order valence-corrected chi connectivity index (χ3v) is 7.02. The van der Waals surface area contributed by atoms with Crippen LogP contribution in [0, 0.1) is 0 Å². The van der Waals surface area contributed by atoms with Gasteiger partial charge in [0.2, 0.25) is 0 Å². The van der Waals surface area contributed by atoms with Gasteiger partial charge in [0, 0.05) is 30.1 Å². The van der Waals surface area contributed by atoms with Crippen LogP contribution >= 0.6 is 0 Å². The Morgan fingerprint density at radius 1 is 1.28 bits per heavy atom. The molecule has 2 aromatic rings. The average molecular weight is 420 g/mol. The molecule has 1 unspecified atom stereocenters. The van der Waals surface area contributed by atoms with E-state index in [1.807, 2.05) is 19.9 Å². The van der Waals surface area contributed by atoms with Crippen molar-refractivity contribution in [2.75, 3.05) is 11.1 Å². The fraction of sp³-hybridized carbons (Fsp3) is 0.526. The van der Waals surface area contributed by atoms with Crippen molar-refractivity contribution in [3.63, 3.8) is 0 Å². The lowest BCUT2D eigenvalue weighted by Crippen LogP contribution is -2.33. The van der Waals surface area contributed by atoms with Crippen LogP contribution in [0.25, 0.3) is 0 Å². The predicted molar refractivity (Wildman–Crippen MR) is 107 cm³/mol. The molecule has 2 aromatic heterocycles. The summed E-state index contributed by atoms with van der Waals surface area (Å²) in [5, 5.41) is 13.2. The molecule has 1 amide bonds. The van der Waals surface area contributed by atoms with Crippen LogP contribution < -0.4 is 10.6 Å². The Morgan fingerprint density at radius 2 is 2.10 bits per heavy atom. The number of nitrogens with one attached hydrogen (secondary N) is 3. The predicted octanol–water partition coefficient (Wildman–Crippen LogP) is 2.65. The first-order chi connectivity index (χ1) is 13.8. The van der Waals surface area contributed by atoms with Gasteiger partial charge >= 0.3 is 6.09 Å². The molecule has 29 heavy (non-hydrogen) atoms. The minimum Gasteiger partial charge on any atom is -0.446 e. The average Bonchev–Trinajstić information content (AvgIpc) is 3.34. The van der Waals surface area contributed by atoms with E-state index < -0.39 is 9.84 Å². The molecule has 0 spiro atoms. The highest BCUT2D eigenvalue weighted by Crippen LogP contribution is 2.36. The number of pyridine rings is 1. The summed E-state index contributed by atoms with van der Waals surface area (Å²) in [5.74, 6) is 1.55. The first-order valence-corrected chi connectivity index (χ1v) is 11.5. The zero-order valence-electron chi connectivity index (χ0n) is 16.4. The van der Waals surface area contributed by atoms with Gasteiger partial charge in [-0.2, -0.15) is 5.10 Å². The van der Waals surface area contributed by atoms with Gasteiger partial charge in [0.1, 0.15) is 11.9 Å². The van der Waals surface area contributed by atoms with Crippen molar-refractivity contribution in [1.82, 2.24) is 20.5 Å². The molecule has 1 aliphatic carbocycles.